The molecule has 1 aliphatic rings. The van der Waals surface area contributed by atoms with Gasteiger partial charge in [-0.1, -0.05) is 36.4 Å². The Morgan fingerprint density at radius 3 is 2.64 bits per heavy atom. The maximum absolute atomic E-state index is 11.6. The van der Waals surface area contributed by atoms with E-state index in [1.165, 1.54) is 5.56 Å². The van der Waals surface area contributed by atoms with Crippen molar-refractivity contribution in [3.05, 3.63) is 59.7 Å². The van der Waals surface area contributed by atoms with E-state index < -0.39 is 11.9 Å². The second kappa shape index (κ2) is 6.52. The van der Waals surface area contributed by atoms with Gasteiger partial charge in [-0.2, -0.15) is 0 Å². The zero-order valence-corrected chi connectivity index (χ0v) is 12.2. The third-order valence-corrected chi connectivity index (χ3v) is 3.90. The molecule has 0 saturated heterocycles. The molecule has 0 spiro atoms. The van der Waals surface area contributed by atoms with Crippen LogP contribution in [0.5, 0.6) is 11.5 Å². The van der Waals surface area contributed by atoms with E-state index in [1.807, 2.05) is 24.3 Å². The van der Waals surface area contributed by atoms with E-state index in [4.69, 9.17) is 9.47 Å². The third kappa shape index (κ3) is 3.22. The molecule has 3 rings (SSSR count). The van der Waals surface area contributed by atoms with E-state index in [0.717, 1.165) is 18.4 Å². The predicted octanol–water partition coefficient (Wildman–Crippen LogP) is 3.61. The van der Waals surface area contributed by atoms with E-state index in [9.17, 15) is 9.90 Å². The molecular formula is C18H18O4. The first-order chi connectivity index (χ1) is 10.7. The summed E-state index contributed by atoms with van der Waals surface area (Å²) in [7, 11) is 0. The summed E-state index contributed by atoms with van der Waals surface area (Å²) in [6, 6.07) is 15.5. The van der Waals surface area contributed by atoms with Gasteiger partial charge in [-0.25, -0.2) is 0 Å². The van der Waals surface area contributed by atoms with Crippen LogP contribution in [0.3, 0.4) is 0 Å². The van der Waals surface area contributed by atoms with Gasteiger partial charge in [0.25, 0.3) is 0 Å². The second-order valence-corrected chi connectivity index (χ2v) is 5.38. The number of rotatable bonds is 6. The average Bonchev–Trinajstić information content (AvgIpc) is 2.99. The van der Waals surface area contributed by atoms with Gasteiger partial charge in [0.2, 0.25) is 6.79 Å². The molecule has 114 valence electrons. The number of fused-ring (bicyclic) bond motifs is 1. The largest absolute Gasteiger partial charge is 0.481 e. The van der Waals surface area contributed by atoms with Crippen LogP contribution in [-0.2, 0) is 11.2 Å². The minimum Gasteiger partial charge on any atom is -0.481 e. The van der Waals surface area contributed by atoms with Crippen molar-refractivity contribution in [1.29, 1.82) is 0 Å². The molecule has 1 unspecified atom stereocenters. The number of carboxylic acids is 1. The van der Waals surface area contributed by atoms with Crippen LogP contribution < -0.4 is 9.47 Å². The zero-order valence-electron chi connectivity index (χ0n) is 12.2. The highest BCUT2D eigenvalue weighted by molar-refractivity contribution is 5.76. The highest BCUT2D eigenvalue weighted by Crippen LogP contribution is 2.35. The molecule has 0 amide bonds. The number of carboxylic acid groups (broad SMARTS) is 1. The number of hydrogen-bond donors (Lipinski definition) is 1. The molecular weight excluding hydrogens is 280 g/mol. The van der Waals surface area contributed by atoms with E-state index in [1.54, 1.807) is 12.1 Å². The number of aryl methyl sites for hydroxylation is 1. The fourth-order valence-electron chi connectivity index (χ4n) is 2.72. The first-order valence-electron chi connectivity index (χ1n) is 7.40. The Labute approximate surface area is 129 Å². The number of aliphatic carboxylic acids is 1. The maximum atomic E-state index is 11.6. The maximum Gasteiger partial charge on any atom is 0.310 e. The molecule has 1 atom stereocenters. The lowest BCUT2D eigenvalue weighted by Gasteiger charge is -2.13. The quantitative estimate of drug-likeness (QED) is 0.885. The van der Waals surface area contributed by atoms with Gasteiger partial charge >= 0.3 is 5.97 Å². The van der Waals surface area contributed by atoms with Crippen molar-refractivity contribution in [1.82, 2.24) is 0 Å². The molecule has 0 fully saturated rings. The van der Waals surface area contributed by atoms with Crippen LogP contribution in [0, 0.1) is 0 Å². The van der Waals surface area contributed by atoms with Crippen LogP contribution in [0.2, 0.25) is 0 Å². The molecule has 0 bridgehead atoms. The number of benzene rings is 2. The van der Waals surface area contributed by atoms with Crippen LogP contribution in [0.1, 0.15) is 29.9 Å². The van der Waals surface area contributed by atoms with Crippen LogP contribution in [-0.4, -0.2) is 17.9 Å². The van der Waals surface area contributed by atoms with Crippen LogP contribution in [0.15, 0.2) is 48.5 Å². The van der Waals surface area contributed by atoms with E-state index >= 15 is 0 Å². The lowest BCUT2D eigenvalue weighted by atomic mass is 9.92. The van der Waals surface area contributed by atoms with Gasteiger partial charge in [-0.15, -0.1) is 0 Å². The Bertz CT molecular complexity index is 651. The standard InChI is InChI=1S/C18H18O4/c19-18(20)15(8-4-7-13-5-2-1-3-6-13)14-9-10-16-17(11-14)22-12-21-16/h1-3,5-6,9-11,15H,4,7-8,12H2,(H,19,20). The summed E-state index contributed by atoms with van der Waals surface area (Å²) in [5.41, 5.74) is 2.00. The topological polar surface area (TPSA) is 55.8 Å². The van der Waals surface area contributed by atoms with Crippen LogP contribution in [0.25, 0.3) is 0 Å². The monoisotopic (exact) mass is 298 g/mol. The normalized spacial score (nSPS) is 13.8. The summed E-state index contributed by atoms with van der Waals surface area (Å²) >= 11 is 0. The van der Waals surface area contributed by atoms with Gasteiger partial charge in [-0.3, -0.25) is 4.79 Å². The Morgan fingerprint density at radius 1 is 1.09 bits per heavy atom. The van der Waals surface area contributed by atoms with Gasteiger partial charge in [0.15, 0.2) is 11.5 Å². The molecule has 0 aliphatic carbocycles. The second-order valence-electron chi connectivity index (χ2n) is 5.38. The zero-order chi connectivity index (χ0) is 15.4. The summed E-state index contributed by atoms with van der Waals surface area (Å²) in [4.78, 5) is 11.6. The van der Waals surface area contributed by atoms with E-state index in [2.05, 4.69) is 12.1 Å². The molecule has 2 aromatic rings. The van der Waals surface area contributed by atoms with Crippen molar-refractivity contribution in [3.63, 3.8) is 0 Å². The molecule has 0 saturated carbocycles. The number of ether oxygens (including phenoxy) is 2. The highest BCUT2D eigenvalue weighted by atomic mass is 16.7. The Hall–Kier alpha value is -2.49. The molecule has 0 aromatic heterocycles. The molecule has 4 nitrogen and oxygen atoms in total. The third-order valence-electron chi connectivity index (χ3n) is 3.90. The van der Waals surface area contributed by atoms with Crippen molar-refractivity contribution < 1.29 is 19.4 Å². The van der Waals surface area contributed by atoms with E-state index in [-0.39, 0.29) is 6.79 Å². The predicted molar refractivity (Wildman–Crippen MR) is 82.3 cm³/mol. The lowest BCUT2D eigenvalue weighted by molar-refractivity contribution is -0.139. The summed E-state index contributed by atoms with van der Waals surface area (Å²) in [6.45, 7) is 0.199. The molecule has 0 radical (unpaired) electrons. The first-order valence-corrected chi connectivity index (χ1v) is 7.40. The van der Waals surface area contributed by atoms with E-state index in [0.29, 0.717) is 17.9 Å². The molecule has 1 N–H and O–H groups in total. The minimum atomic E-state index is -0.799. The molecule has 2 aromatic carbocycles. The smallest absolute Gasteiger partial charge is 0.310 e. The van der Waals surface area contributed by atoms with Gasteiger partial charge in [0, 0.05) is 0 Å². The Kier molecular flexibility index (Phi) is 4.28. The average molecular weight is 298 g/mol. The fourth-order valence-corrected chi connectivity index (χ4v) is 2.72. The molecule has 1 heterocycles. The SMILES string of the molecule is O=C(O)C(CCCc1ccccc1)c1ccc2c(c1)OCO2. The molecule has 1 aliphatic heterocycles. The summed E-state index contributed by atoms with van der Waals surface area (Å²) in [6.07, 6.45) is 2.31. The molecule has 4 heteroatoms. The summed E-state index contributed by atoms with van der Waals surface area (Å²) in [5.74, 6) is -0.00544. The van der Waals surface area contributed by atoms with Gasteiger partial charge < -0.3 is 14.6 Å². The minimum absolute atomic E-state index is 0.199. The van der Waals surface area contributed by atoms with Gasteiger partial charge in [0.1, 0.15) is 0 Å². The van der Waals surface area contributed by atoms with Gasteiger partial charge in [-0.05, 0) is 42.5 Å². The van der Waals surface area contributed by atoms with Crippen molar-refractivity contribution in [2.45, 2.75) is 25.2 Å². The van der Waals surface area contributed by atoms with Crippen LogP contribution >= 0.6 is 0 Å². The Morgan fingerprint density at radius 2 is 1.86 bits per heavy atom. The first kappa shape index (κ1) is 14.4. The van der Waals surface area contributed by atoms with Crippen LogP contribution in [0.4, 0.5) is 0 Å². The summed E-state index contributed by atoms with van der Waals surface area (Å²) < 4.78 is 10.6. The van der Waals surface area contributed by atoms with Crippen molar-refractivity contribution >= 4 is 5.97 Å². The Balaban J connectivity index is 1.66. The van der Waals surface area contributed by atoms with Crippen molar-refractivity contribution in [3.8, 4) is 11.5 Å². The van der Waals surface area contributed by atoms with Crippen molar-refractivity contribution in [2.24, 2.45) is 0 Å². The highest BCUT2D eigenvalue weighted by Gasteiger charge is 2.22. The van der Waals surface area contributed by atoms with Gasteiger partial charge in [0.05, 0.1) is 5.92 Å². The summed E-state index contributed by atoms with van der Waals surface area (Å²) in [5, 5.41) is 9.50. The fraction of sp³-hybridized carbons (Fsp3) is 0.278. The number of hydrogen-bond acceptors (Lipinski definition) is 3. The number of carbonyl (C=O) groups is 1. The molecule has 22 heavy (non-hydrogen) atoms. The van der Waals surface area contributed by atoms with Crippen molar-refractivity contribution in [2.75, 3.05) is 6.79 Å². The lowest BCUT2D eigenvalue weighted by Crippen LogP contribution is -2.12.